The van der Waals surface area contributed by atoms with Gasteiger partial charge in [0, 0.05) is 23.7 Å². The summed E-state index contributed by atoms with van der Waals surface area (Å²) < 4.78 is 16.3. The second kappa shape index (κ2) is 8.65. The Labute approximate surface area is 175 Å². The van der Waals surface area contributed by atoms with E-state index in [-0.39, 0.29) is 30.6 Å². The van der Waals surface area contributed by atoms with Crippen molar-refractivity contribution < 1.29 is 23.8 Å². The minimum Gasteiger partial charge on any atom is -0.497 e. The molecule has 4 rings (SSSR count). The number of nitrogens with one attached hydrogen (secondary N) is 1. The molecule has 0 aromatic heterocycles. The number of amides is 1. The molecule has 1 fully saturated rings. The first-order chi connectivity index (χ1) is 14.6. The van der Waals surface area contributed by atoms with Gasteiger partial charge in [-0.2, -0.15) is 0 Å². The Balaban J connectivity index is 1.61. The normalized spacial score (nSPS) is 21.8. The molecule has 3 atom stereocenters. The fourth-order valence-electron chi connectivity index (χ4n) is 4.36. The highest BCUT2D eigenvalue weighted by Crippen LogP contribution is 2.47. The van der Waals surface area contributed by atoms with Gasteiger partial charge in [0.05, 0.1) is 19.8 Å². The highest BCUT2D eigenvalue weighted by atomic mass is 16.6. The average Bonchev–Trinajstić information content (AvgIpc) is 3.23. The number of nitrogens with zero attached hydrogens (tertiary/aromatic N) is 1. The number of rotatable bonds is 5. The smallest absolute Gasteiger partial charge is 0.410 e. The number of carbonyl (C=O) groups excluding carboxylic acids is 2. The summed E-state index contributed by atoms with van der Waals surface area (Å²) in [5.41, 5.74) is 2.66. The third-order valence-corrected chi connectivity index (χ3v) is 5.74. The van der Waals surface area contributed by atoms with E-state index >= 15 is 0 Å². The first-order valence-corrected chi connectivity index (χ1v) is 10.2. The Morgan fingerprint density at radius 1 is 1.13 bits per heavy atom. The van der Waals surface area contributed by atoms with E-state index in [4.69, 9.17) is 14.2 Å². The quantitative estimate of drug-likeness (QED) is 0.757. The van der Waals surface area contributed by atoms with Crippen molar-refractivity contribution in [1.29, 1.82) is 0 Å². The van der Waals surface area contributed by atoms with Crippen molar-refractivity contribution in [1.82, 2.24) is 4.90 Å². The number of esters is 1. The van der Waals surface area contributed by atoms with E-state index in [0.29, 0.717) is 25.3 Å². The van der Waals surface area contributed by atoms with Crippen LogP contribution in [0.3, 0.4) is 0 Å². The molecule has 0 spiro atoms. The average molecular weight is 410 g/mol. The predicted molar refractivity (Wildman–Crippen MR) is 111 cm³/mol. The first-order valence-electron chi connectivity index (χ1n) is 10.2. The number of likely N-dealkylation sites (tertiary alicyclic amines) is 1. The fraction of sp³-hybridized carbons (Fsp3) is 0.391. The SMILES string of the molecule is CCOC(=O)[C@@H]1Nc2ccc(OC)cc2[C@@H]2[C@H]1CCN2C(=O)OCc1ccccc1. The fourth-order valence-corrected chi connectivity index (χ4v) is 4.36. The van der Waals surface area contributed by atoms with E-state index in [1.165, 1.54) is 0 Å². The number of carbonyl (C=O) groups is 2. The number of hydrogen-bond donors (Lipinski definition) is 1. The maximum Gasteiger partial charge on any atom is 0.410 e. The number of ether oxygens (including phenoxy) is 3. The summed E-state index contributed by atoms with van der Waals surface area (Å²) in [6.45, 7) is 2.82. The Hall–Kier alpha value is -3.22. The van der Waals surface area contributed by atoms with Crippen LogP contribution < -0.4 is 10.1 Å². The van der Waals surface area contributed by atoms with Crippen molar-refractivity contribution in [3.8, 4) is 5.75 Å². The van der Waals surface area contributed by atoms with Crippen LogP contribution in [0.25, 0.3) is 0 Å². The summed E-state index contributed by atoms with van der Waals surface area (Å²) >= 11 is 0. The van der Waals surface area contributed by atoms with Crippen LogP contribution in [0.4, 0.5) is 10.5 Å². The molecule has 0 radical (unpaired) electrons. The van der Waals surface area contributed by atoms with Crippen molar-refractivity contribution in [3.63, 3.8) is 0 Å². The van der Waals surface area contributed by atoms with Gasteiger partial charge in [0.15, 0.2) is 0 Å². The van der Waals surface area contributed by atoms with Crippen molar-refractivity contribution >= 4 is 17.7 Å². The van der Waals surface area contributed by atoms with E-state index in [9.17, 15) is 9.59 Å². The standard InChI is InChI=1S/C23H26N2O5/c1-3-29-22(26)20-17-11-12-25(23(27)30-14-15-7-5-4-6-8-15)21(17)18-13-16(28-2)9-10-19(18)24-20/h4-10,13,17,20-21,24H,3,11-12,14H2,1-2H3/t17-,20+,21-/m0/s1. The van der Waals surface area contributed by atoms with Crippen LogP contribution in [0.15, 0.2) is 48.5 Å². The summed E-state index contributed by atoms with van der Waals surface area (Å²) in [5, 5.41) is 3.31. The molecule has 30 heavy (non-hydrogen) atoms. The van der Waals surface area contributed by atoms with Gasteiger partial charge >= 0.3 is 12.1 Å². The van der Waals surface area contributed by atoms with Crippen molar-refractivity contribution in [2.24, 2.45) is 5.92 Å². The first kappa shape index (κ1) is 20.1. The molecule has 0 unspecified atom stereocenters. The van der Waals surface area contributed by atoms with Crippen LogP contribution in [0.2, 0.25) is 0 Å². The summed E-state index contributed by atoms with van der Waals surface area (Å²) in [6, 6.07) is 14.4. The molecule has 2 aliphatic heterocycles. The summed E-state index contributed by atoms with van der Waals surface area (Å²) in [5.74, 6) is 0.301. The molecule has 0 bridgehead atoms. The van der Waals surface area contributed by atoms with Gasteiger partial charge in [-0.1, -0.05) is 30.3 Å². The van der Waals surface area contributed by atoms with E-state index < -0.39 is 6.04 Å². The Bertz CT molecular complexity index is 917. The molecular formula is C23H26N2O5. The van der Waals surface area contributed by atoms with Crippen molar-refractivity contribution in [3.05, 3.63) is 59.7 Å². The maximum absolute atomic E-state index is 13.0. The number of hydrogen-bond acceptors (Lipinski definition) is 6. The molecule has 2 aromatic carbocycles. The predicted octanol–water partition coefficient (Wildman–Crippen LogP) is 3.75. The Morgan fingerprint density at radius 3 is 2.67 bits per heavy atom. The zero-order chi connectivity index (χ0) is 21.1. The highest BCUT2D eigenvalue weighted by Gasteiger charge is 2.49. The van der Waals surface area contributed by atoms with Crippen LogP contribution >= 0.6 is 0 Å². The molecular weight excluding hydrogens is 384 g/mol. The second-order valence-electron chi connectivity index (χ2n) is 7.46. The van der Waals surface area contributed by atoms with Gasteiger partial charge in [0.25, 0.3) is 0 Å². The van der Waals surface area contributed by atoms with Crippen LogP contribution in [-0.4, -0.2) is 43.3 Å². The van der Waals surface area contributed by atoms with E-state index in [0.717, 1.165) is 16.8 Å². The molecule has 2 aliphatic rings. The van der Waals surface area contributed by atoms with Gasteiger partial charge < -0.3 is 24.4 Å². The lowest BCUT2D eigenvalue weighted by atomic mass is 9.83. The van der Waals surface area contributed by atoms with E-state index in [1.807, 2.05) is 48.5 Å². The molecule has 0 aliphatic carbocycles. The number of methoxy groups -OCH3 is 1. The molecule has 7 heteroatoms. The topological polar surface area (TPSA) is 77.1 Å². The number of benzene rings is 2. The van der Waals surface area contributed by atoms with Gasteiger partial charge in [-0.05, 0) is 37.1 Å². The zero-order valence-corrected chi connectivity index (χ0v) is 17.2. The largest absolute Gasteiger partial charge is 0.497 e. The van der Waals surface area contributed by atoms with Crippen LogP contribution in [-0.2, 0) is 20.9 Å². The van der Waals surface area contributed by atoms with Gasteiger partial charge in [-0.25, -0.2) is 9.59 Å². The number of anilines is 1. The highest BCUT2D eigenvalue weighted by molar-refractivity contribution is 5.83. The molecule has 158 valence electrons. The lowest BCUT2D eigenvalue weighted by Crippen LogP contribution is -2.46. The van der Waals surface area contributed by atoms with Crippen LogP contribution in [0.1, 0.15) is 30.5 Å². The van der Waals surface area contributed by atoms with Crippen molar-refractivity contribution in [2.45, 2.75) is 32.0 Å². The van der Waals surface area contributed by atoms with Crippen LogP contribution in [0, 0.1) is 5.92 Å². The zero-order valence-electron chi connectivity index (χ0n) is 17.2. The molecule has 1 saturated heterocycles. The summed E-state index contributed by atoms with van der Waals surface area (Å²) in [6.07, 6.45) is 0.294. The summed E-state index contributed by atoms with van der Waals surface area (Å²) in [7, 11) is 1.61. The van der Waals surface area contributed by atoms with Gasteiger partial charge in [-0.15, -0.1) is 0 Å². The summed E-state index contributed by atoms with van der Waals surface area (Å²) in [4.78, 5) is 27.3. The van der Waals surface area contributed by atoms with E-state index in [2.05, 4.69) is 5.32 Å². The minimum atomic E-state index is -0.511. The number of fused-ring (bicyclic) bond motifs is 3. The lowest BCUT2D eigenvalue weighted by molar-refractivity contribution is -0.145. The third-order valence-electron chi connectivity index (χ3n) is 5.74. The Morgan fingerprint density at radius 2 is 1.93 bits per heavy atom. The van der Waals surface area contributed by atoms with Gasteiger partial charge in [-0.3, -0.25) is 0 Å². The lowest BCUT2D eigenvalue weighted by Gasteiger charge is -2.38. The minimum absolute atomic E-state index is 0.104. The second-order valence-corrected chi connectivity index (χ2v) is 7.46. The molecule has 1 N–H and O–H groups in total. The van der Waals surface area contributed by atoms with Gasteiger partial charge in [0.1, 0.15) is 18.4 Å². The molecule has 7 nitrogen and oxygen atoms in total. The molecule has 1 amide bonds. The molecule has 2 heterocycles. The maximum atomic E-state index is 13.0. The monoisotopic (exact) mass is 410 g/mol. The van der Waals surface area contributed by atoms with E-state index in [1.54, 1.807) is 18.9 Å². The molecule has 0 saturated carbocycles. The third kappa shape index (κ3) is 3.79. The van der Waals surface area contributed by atoms with Crippen LogP contribution in [0.5, 0.6) is 5.75 Å². The Kier molecular flexibility index (Phi) is 5.79. The molecule has 2 aromatic rings. The van der Waals surface area contributed by atoms with Gasteiger partial charge in [0.2, 0.25) is 0 Å². The van der Waals surface area contributed by atoms with Crippen molar-refractivity contribution in [2.75, 3.05) is 25.6 Å².